The molecule has 0 atom stereocenters. The SMILES string of the molecule is C=C(C)C(=O)OCCNC(=O)OCCCCCCCCCCC[Si](CC=Cc1ccccc1)(CC=Cc1ccccc1)CC=Cc1ccccc1. The number of amides is 1. The smallest absolute Gasteiger partial charge is 0.407 e. The Morgan fingerprint density at radius 3 is 1.43 bits per heavy atom. The maximum Gasteiger partial charge on any atom is 0.407 e. The molecule has 0 saturated heterocycles. The van der Waals surface area contributed by atoms with Gasteiger partial charge in [-0.25, -0.2) is 9.59 Å². The van der Waals surface area contributed by atoms with Gasteiger partial charge in [-0.2, -0.15) is 0 Å². The number of esters is 1. The number of rotatable bonds is 25. The van der Waals surface area contributed by atoms with Crippen LogP contribution in [0.4, 0.5) is 4.79 Å². The summed E-state index contributed by atoms with van der Waals surface area (Å²) >= 11 is 0. The van der Waals surface area contributed by atoms with Crippen LogP contribution in [0.3, 0.4) is 0 Å². The van der Waals surface area contributed by atoms with E-state index in [-0.39, 0.29) is 13.2 Å². The minimum absolute atomic E-state index is 0.105. The number of hydrogen-bond acceptors (Lipinski definition) is 4. The van der Waals surface area contributed by atoms with Crippen LogP contribution in [0.5, 0.6) is 0 Å². The largest absolute Gasteiger partial charge is 0.460 e. The van der Waals surface area contributed by atoms with E-state index in [0.717, 1.165) is 19.3 Å². The fraction of sp³-hybridized carbons (Fsp3) is 0.378. The Hall–Kier alpha value is -4.42. The number of benzene rings is 3. The van der Waals surface area contributed by atoms with Crippen LogP contribution in [0, 0.1) is 0 Å². The highest BCUT2D eigenvalue weighted by atomic mass is 28.3. The van der Waals surface area contributed by atoms with E-state index in [1.54, 1.807) is 6.92 Å². The van der Waals surface area contributed by atoms with Gasteiger partial charge in [-0.1, -0.05) is 191 Å². The summed E-state index contributed by atoms with van der Waals surface area (Å²) in [4.78, 5) is 23.1. The normalized spacial score (nSPS) is 12.6. The lowest BCUT2D eigenvalue weighted by molar-refractivity contribution is -0.138. The van der Waals surface area contributed by atoms with E-state index in [4.69, 9.17) is 9.47 Å². The van der Waals surface area contributed by atoms with Crippen molar-refractivity contribution >= 4 is 38.4 Å². The first-order valence-electron chi connectivity index (χ1n) is 18.8. The second-order valence-corrected chi connectivity index (χ2v) is 18.2. The molecule has 1 N–H and O–H groups in total. The van der Waals surface area contributed by atoms with Crippen LogP contribution in [0.2, 0.25) is 24.2 Å². The topological polar surface area (TPSA) is 64.6 Å². The van der Waals surface area contributed by atoms with Crippen LogP contribution in [0.25, 0.3) is 18.2 Å². The third-order valence-corrected chi connectivity index (χ3v) is 13.7. The fourth-order valence-electron chi connectivity index (χ4n) is 6.06. The molecule has 0 heterocycles. The third kappa shape index (κ3) is 19.0. The Bertz CT molecular complexity index is 1360. The van der Waals surface area contributed by atoms with Crippen LogP contribution in [-0.4, -0.2) is 39.9 Å². The molecule has 0 radical (unpaired) electrons. The summed E-state index contributed by atoms with van der Waals surface area (Å²) in [7, 11) is -1.70. The molecule has 3 rings (SSSR count). The number of nitrogens with one attached hydrogen (secondary N) is 1. The van der Waals surface area contributed by atoms with Gasteiger partial charge in [0, 0.05) is 5.57 Å². The summed E-state index contributed by atoms with van der Waals surface area (Å²) in [5.74, 6) is -0.456. The maximum absolute atomic E-state index is 11.8. The molecule has 0 unspecified atom stereocenters. The summed E-state index contributed by atoms with van der Waals surface area (Å²) in [5.41, 5.74) is 4.15. The van der Waals surface area contributed by atoms with Gasteiger partial charge in [0.05, 0.1) is 21.2 Å². The van der Waals surface area contributed by atoms with Crippen molar-refractivity contribution < 1.29 is 19.1 Å². The van der Waals surface area contributed by atoms with E-state index in [0.29, 0.717) is 12.2 Å². The zero-order chi connectivity index (χ0) is 36.2. The molecule has 1 amide bonds. The summed E-state index contributed by atoms with van der Waals surface area (Å²) in [5, 5.41) is 2.60. The first kappa shape index (κ1) is 41.0. The van der Waals surface area contributed by atoms with Crippen molar-refractivity contribution in [1.82, 2.24) is 5.32 Å². The Labute approximate surface area is 308 Å². The summed E-state index contributed by atoms with van der Waals surface area (Å²) in [6.07, 6.45) is 24.5. The zero-order valence-electron chi connectivity index (χ0n) is 30.8. The highest BCUT2D eigenvalue weighted by Crippen LogP contribution is 2.32. The van der Waals surface area contributed by atoms with Gasteiger partial charge >= 0.3 is 12.1 Å². The van der Waals surface area contributed by atoms with Crippen LogP contribution in [-0.2, 0) is 14.3 Å². The van der Waals surface area contributed by atoms with Gasteiger partial charge in [-0.3, -0.25) is 0 Å². The minimum atomic E-state index is -1.70. The van der Waals surface area contributed by atoms with Gasteiger partial charge < -0.3 is 14.8 Å². The van der Waals surface area contributed by atoms with Crippen LogP contribution < -0.4 is 5.32 Å². The molecular weight excluding hydrogens is 647 g/mol. The number of allylic oxidation sites excluding steroid dienone is 3. The van der Waals surface area contributed by atoms with Crippen LogP contribution in [0.15, 0.2) is 121 Å². The molecule has 6 heteroatoms. The number of carbonyl (C=O) groups is 2. The van der Waals surface area contributed by atoms with Gasteiger partial charge in [0.25, 0.3) is 0 Å². The Balaban J connectivity index is 1.42. The van der Waals surface area contributed by atoms with E-state index < -0.39 is 20.1 Å². The summed E-state index contributed by atoms with van der Waals surface area (Å²) in [6.45, 7) is 5.85. The number of hydrogen-bond donors (Lipinski definition) is 1. The molecule has 3 aromatic rings. The molecule has 0 saturated carbocycles. The first-order chi connectivity index (χ1) is 25.0. The molecule has 0 aliphatic heterocycles. The van der Waals surface area contributed by atoms with Gasteiger partial charge in [0.1, 0.15) is 6.61 Å². The Morgan fingerprint density at radius 1 is 0.588 bits per heavy atom. The Morgan fingerprint density at radius 2 is 1.00 bits per heavy atom. The van der Waals surface area contributed by atoms with E-state index in [1.165, 1.54) is 79.4 Å². The average Bonchev–Trinajstić information content (AvgIpc) is 3.15. The van der Waals surface area contributed by atoms with Crippen molar-refractivity contribution in [3.63, 3.8) is 0 Å². The monoisotopic (exact) mass is 705 g/mol. The van der Waals surface area contributed by atoms with Crippen molar-refractivity contribution in [2.75, 3.05) is 19.8 Å². The van der Waals surface area contributed by atoms with Crippen molar-refractivity contribution in [1.29, 1.82) is 0 Å². The average molecular weight is 706 g/mol. The third-order valence-electron chi connectivity index (χ3n) is 9.02. The predicted octanol–water partition coefficient (Wildman–Crippen LogP) is 11.9. The van der Waals surface area contributed by atoms with E-state index in [9.17, 15) is 9.59 Å². The minimum Gasteiger partial charge on any atom is -0.460 e. The molecule has 0 bridgehead atoms. The lowest BCUT2D eigenvalue weighted by Crippen LogP contribution is -2.32. The second kappa shape index (κ2) is 25.5. The van der Waals surface area contributed by atoms with Gasteiger partial charge in [-0.05, 0) is 48.2 Å². The number of unbranched alkanes of at least 4 members (excludes halogenated alkanes) is 8. The van der Waals surface area contributed by atoms with Gasteiger partial charge in [0.15, 0.2) is 0 Å². The van der Waals surface area contributed by atoms with E-state index in [2.05, 4.69) is 139 Å². The summed E-state index contributed by atoms with van der Waals surface area (Å²) < 4.78 is 10.2. The molecule has 5 nitrogen and oxygen atoms in total. The second-order valence-electron chi connectivity index (χ2n) is 13.5. The molecule has 0 aromatic heterocycles. The number of ether oxygens (including phenoxy) is 2. The standard InChI is InChI=1S/C45H59NO4Si/c1-40(2)44(47)49-35-33-46-45(48)50-34-19-8-6-4-3-5-7-9-20-36-51(37-21-30-41-24-13-10-14-25-41,38-22-31-42-26-15-11-16-27-42)39-23-32-43-28-17-12-18-29-43/h10-18,21-32H,1,3-9,19-20,33-39H2,2H3,(H,46,48). The molecule has 0 fully saturated rings. The molecule has 3 aromatic carbocycles. The van der Waals surface area contributed by atoms with Gasteiger partial charge in [-0.15, -0.1) is 0 Å². The first-order valence-corrected chi connectivity index (χ1v) is 21.7. The highest BCUT2D eigenvalue weighted by Gasteiger charge is 2.28. The maximum atomic E-state index is 11.8. The molecule has 51 heavy (non-hydrogen) atoms. The molecule has 0 aliphatic carbocycles. The van der Waals surface area contributed by atoms with Crippen molar-refractivity contribution in [2.24, 2.45) is 0 Å². The van der Waals surface area contributed by atoms with Crippen LogP contribution in [0.1, 0.15) is 81.4 Å². The van der Waals surface area contributed by atoms with E-state index in [1.807, 2.05) is 0 Å². The van der Waals surface area contributed by atoms with Gasteiger partial charge in [0.2, 0.25) is 0 Å². The molecule has 0 aliphatic rings. The highest BCUT2D eigenvalue weighted by molar-refractivity contribution is 6.81. The lowest BCUT2D eigenvalue weighted by atomic mass is 10.1. The zero-order valence-corrected chi connectivity index (χ0v) is 31.8. The Kier molecular flexibility index (Phi) is 20.5. The molecular formula is C45H59NO4Si. The van der Waals surface area contributed by atoms with Crippen molar-refractivity contribution in [3.8, 4) is 0 Å². The quantitative estimate of drug-likeness (QED) is 0.0412. The molecule has 272 valence electrons. The number of alkyl carbamates (subject to hydrolysis) is 1. The molecule has 0 spiro atoms. The fourth-order valence-corrected chi connectivity index (χ4v) is 10.0. The lowest BCUT2D eigenvalue weighted by Gasteiger charge is -2.29. The van der Waals surface area contributed by atoms with Crippen LogP contribution >= 0.6 is 0 Å². The summed E-state index contributed by atoms with van der Waals surface area (Å²) in [6, 6.07) is 36.9. The van der Waals surface area contributed by atoms with E-state index >= 15 is 0 Å². The number of carbonyl (C=O) groups excluding carboxylic acids is 2. The predicted molar refractivity (Wildman–Crippen MR) is 218 cm³/mol. The van der Waals surface area contributed by atoms with Crippen molar-refractivity contribution in [2.45, 2.75) is 88.9 Å². The van der Waals surface area contributed by atoms with Crippen molar-refractivity contribution in [3.05, 3.63) is 138 Å².